The number of piperidine rings is 1. The van der Waals surface area contributed by atoms with Crippen molar-refractivity contribution in [3.8, 4) is 0 Å². The predicted octanol–water partition coefficient (Wildman–Crippen LogP) is 3.52. The van der Waals surface area contributed by atoms with Crippen LogP contribution in [0, 0.1) is 0 Å². The van der Waals surface area contributed by atoms with Crippen molar-refractivity contribution < 1.29 is 4.79 Å². The molecule has 7 heteroatoms. The highest BCUT2D eigenvalue weighted by molar-refractivity contribution is 7.17. The van der Waals surface area contributed by atoms with Crippen molar-refractivity contribution in [2.24, 2.45) is 0 Å². The Morgan fingerprint density at radius 1 is 1.17 bits per heavy atom. The number of amides is 1. The van der Waals surface area contributed by atoms with E-state index >= 15 is 0 Å². The first kappa shape index (κ1) is 15.5. The molecule has 3 heterocycles. The molecule has 1 amide bonds. The normalized spacial score (nSPS) is 16.0. The first-order valence-electron chi connectivity index (χ1n) is 7.87. The molecule has 1 N–H and O–H groups in total. The summed E-state index contributed by atoms with van der Waals surface area (Å²) in [5, 5.41) is 0. The van der Waals surface area contributed by atoms with Crippen molar-refractivity contribution in [2.75, 3.05) is 13.1 Å². The van der Waals surface area contributed by atoms with Gasteiger partial charge in [-0.25, -0.2) is 4.79 Å². The molecule has 2 aromatic heterocycles. The number of hydrogen-bond donors (Lipinski definition) is 1. The van der Waals surface area contributed by atoms with E-state index in [1.54, 1.807) is 12.1 Å². The summed E-state index contributed by atoms with van der Waals surface area (Å²) in [6, 6.07) is 11.3. The van der Waals surface area contributed by atoms with E-state index in [0.29, 0.717) is 22.3 Å². The van der Waals surface area contributed by atoms with Gasteiger partial charge in [0.1, 0.15) is 0 Å². The first-order valence-corrected chi connectivity index (χ1v) is 9.07. The number of benzene rings is 1. The van der Waals surface area contributed by atoms with Crippen LogP contribution in [0.4, 0.5) is 0 Å². The van der Waals surface area contributed by atoms with E-state index in [-0.39, 0.29) is 17.6 Å². The number of halogens is 1. The predicted molar refractivity (Wildman–Crippen MR) is 96.1 cm³/mol. The van der Waals surface area contributed by atoms with Crippen molar-refractivity contribution in [1.82, 2.24) is 14.5 Å². The van der Waals surface area contributed by atoms with E-state index in [2.05, 4.69) is 4.98 Å². The lowest BCUT2D eigenvalue weighted by molar-refractivity contribution is 0.0700. The number of thiophene rings is 1. The molecule has 0 atom stereocenters. The van der Waals surface area contributed by atoms with Gasteiger partial charge >= 0.3 is 5.69 Å². The third kappa shape index (κ3) is 2.65. The van der Waals surface area contributed by atoms with Gasteiger partial charge in [0.25, 0.3) is 5.91 Å². The maximum absolute atomic E-state index is 12.5. The topological polar surface area (TPSA) is 58.1 Å². The summed E-state index contributed by atoms with van der Waals surface area (Å²) >= 11 is 7.22. The van der Waals surface area contributed by atoms with Gasteiger partial charge in [0.15, 0.2) is 0 Å². The van der Waals surface area contributed by atoms with Gasteiger partial charge in [-0.3, -0.25) is 9.36 Å². The van der Waals surface area contributed by atoms with Crippen LogP contribution in [0.5, 0.6) is 0 Å². The fourth-order valence-corrected chi connectivity index (χ4v) is 4.36. The summed E-state index contributed by atoms with van der Waals surface area (Å²) in [6.45, 7) is 1.29. The fraction of sp³-hybridized carbons (Fsp3) is 0.294. The van der Waals surface area contributed by atoms with Gasteiger partial charge in [-0.15, -0.1) is 11.3 Å². The van der Waals surface area contributed by atoms with Gasteiger partial charge in [0, 0.05) is 19.1 Å². The van der Waals surface area contributed by atoms with Crippen LogP contribution in [0.2, 0.25) is 4.34 Å². The highest BCUT2D eigenvalue weighted by Crippen LogP contribution is 2.28. The number of rotatable bonds is 2. The quantitative estimate of drug-likeness (QED) is 0.759. The second-order valence-electron chi connectivity index (χ2n) is 5.94. The summed E-state index contributed by atoms with van der Waals surface area (Å²) in [4.78, 5) is 30.2. The van der Waals surface area contributed by atoms with Crippen LogP contribution in [0.1, 0.15) is 28.6 Å². The molecule has 0 bridgehead atoms. The van der Waals surface area contributed by atoms with Crippen LogP contribution in [-0.2, 0) is 0 Å². The van der Waals surface area contributed by atoms with Gasteiger partial charge in [0.2, 0.25) is 0 Å². The van der Waals surface area contributed by atoms with Gasteiger partial charge < -0.3 is 9.88 Å². The molecule has 1 fully saturated rings. The average Bonchev–Trinajstić information content (AvgIpc) is 3.17. The molecule has 0 aliphatic carbocycles. The third-order valence-electron chi connectivity index (χ3n) is 4.52. The van der Waals surface area contributed by atoms with E-state index < -0.39 is 0 Å². The Morgan fingerprint density at radius 2 is 1.92 bits per heavy atom. The molecule has 1 aromatic carbocycles. The molecule has 1 saturated heterocycles. The van der Waals surface area contributed by atoms with Crippen molar-refractivity contribution in [2.45, 2.75) is 18.9 Å². The van der Waals surface area contributed by atoms with Crippen LogP contribution in [-0.4, -0.2) is 33.4 Å². The minimum atomic E-state index is -0.0778. The molecule has 1 aliphatic rings. The lowest BCUT2D eigenvalue weighted by Crippen LogP contribution is -2.40. The second kappa shape index (κ2) is 6.11. The maximum atomic E-state index is 12.5. The molecule has 4 rings (SSSR count). The molecule has 0 radical (unpaired) electrons. The third-order valence-corrected chi connectivity index (χ3v) is 5.74. The highest BCUT2D eigenvalue weighted by atomic mass is 35.5. The summed E-state index contributed by atoms with van der Waals surface area (Å²) in [6.07, 6.45) is 1.54. The number of H-pyrrole nitrogens is 1. The van der Waals surface area contributed by atoms with Gasteiger partial charge in [-0.2, -0.15) is 0 Å². The van der Waals surface area contributed by atoms with Crippen LogP contribution in [0.3, 0.4) is 0 Å². The SMILES string of the molecule is O=C(c1ccc(Cl)s1)N1CCC(n2c(=O)[nH]c3ccccc32)CC1. The Hall–Kier alpha value is -2.05. The summed E-state index contributed by atoms with van der Waals surface area (Å²) in [5.74, 6) is 0.0247. The zero-order chi connectivity index (χ0) is 16.7. The molecule has 1 aliphatic heterocycles. The van der Waals surface area contributed by atoms with E-state index in [9.17, 15) is 9.59 Å². The summed E-state index contributed by atoms with van der Waals surface area (Å²) in [7, 11) is 0. The fourth-order valence-electron chi connectivity index (χ4n) is 3.35. The van der Waals surface area contributed by atoms with E-state index in [1.165, 1.54) is 11.3 Å². The number of likely N-dealkylation sites (tertiary alicyclic amines) is 1. The molecule has 0 saturated carbocycles. The molecular weight excluding hydrogens is 346 g/mol. The Kier molecular flexibility index (Phi) is 3.94. The Morgan fingerprint density at radius 3 is 2.62 bits per heavy atom. The molecule has 0 unspecified atom stereocenters. The average molecular weight is 362 g/mol. The Balaban J connectivity index is 1.52. The number of nitrogens with one attached hydrogen (secondary N) is 1. The van der Waals surface area contributed by atoms with E-state index in [0.717, 1.165) is 23.9 Å². The second-order valence-corrected chi connectivity index (χ2v) is 7.66. The van der Waals surface area contributed by atoms with Crippen LogP contribution < -0.4 is 5.69 Å². The van der Waals surface area contributed by atoms with Gasteiger partial charge in [-0.05, 0) is 37.1 Å². The first-order chi connectivity index (χ1) is 11.6. The number of imidazole rings is 1. The van der Waals surface area contributed by atoms with Crippen molar-refractivity contribution in [3.05, 3.63) is 56.1 Å². The van der Waals surface area contributed by atoms with Gasteiger partial charge in [-0.1, -0.05) is 23.7 Å². The van der Waals surface area contributed by atoms with E-state index in [4.69, 9.17) is 11.6 Å². The standard InChI is InChI=1S/C17H16ClN3O2S/c18-15-6-5-14(24-15)16(22)20-9-7-11(8-10-20)21-13-4-2-1-3-12(13)19-17(21)23/h1-6,11H,7-10H2,(H,19,23). The number of carbonyl (C=O) groups is 1. The maximum Gasteiger partial charge on any atom is 0.326 e. The minimum absolute atomic E-state index is 0.0247. The van der Waals surface area contributed by atoms with Crippen LogP contribution in [0.15, 0.2) is 41.2 Å². The van der Waals surface area contributed by atoms with Crippen molar-refractivity contribution in [3.63, 3.8) is 0 Å². The van der Waals surface area contributed by atoms with Gasteiger partial charge in [0.05, 0.1) is 20.2 Å². The number of carbonyl (C=O) groups excluding carboxylic acids is 1. The molecule has 5 nitrogen and oxygen atoms in total. The van der Waals surface area contributed by atoms with Crippen LogP contribution in [0.25, 0.3) is 11.0 Å². The number of nitrogens with zero attached hydrogens (tertiary/aromatic N) is 2. The lowest BCUT2D eigenvalue weighted by Gasteiger charge is -2.32. The Bertz CT molecular complexity index is 950. The Labute approximate surface area is 147 Å². The molecular formula is C17H16ClN3O2S. The summed E-state index contributed by atoms with van der Waals surface area (Å²) < 4.78 is 2.46. The molecule has 124 valence electrons. The number of fused-ring (bicyclic) bond motifs is 1. The molecule has 24 heavy (non-hydrogen) atoms. The smallest absolute Gasteiger partial charge is 0.326 e. The van der Waals surface area contributed by atoms with E-state index in [1.807, 2.05) is 33.7 Å². The van der Waals surface area contributed by atoms with Crippen molar-refractivity contribution >= 4 is 39.9 Å². The summed E-state index contributed by atoms with van der Waals surface area (Å²) in [5.41, 5.74) is 1.71. The number of hydrogen-bond acceptors (Lipinski definition) is 3. The zero-order valence-corrected chi connectivity index (χ0v) is 14.4. The molecule has 0 spiro atoms. The van der Waals surface area contributed by atoms with Crippen LogP contribution >= 0.6 is 22.9 Å². The van der Waals surface area contributed by atoms with Crippen molar-refractivity contribution in [1.29, 1.82) is 0 Å². The number of para-hydroxylation sites is 2. The monoisotopic (exact) mass is 361 g/mol. The number of aromatic amines is 1. The largest absolute Gasteiger partial charge is 0.338 e. The lowest BCUT2D eigenvalue weighted by atomic mass is 10.0. The number of aromatic nitrogens is 2. The minimum Gasteiger partial charge on any atom is -0.338 e. The zero-order valence-electron chi connectivity index (χ0n) is 12.9. The highest BCUT2D eigenvalue weighted by Gasteiger charge is 2.27. The molecule has 3 aromatic rings.